The molecular weight excluding hydrogens is 280 g/mol. The highest BCUT2D eigenvalue weighted by Gasteiger charge is 2.26. The van der Waals surface area contributed by atoms with E-state index in [-0.39, 0.29) is 18.3 Å². The van der Waals surface area contributed by atoms with E-state index in [0.717, 1.165) is 4.90 Å². The van der Waals surface area contributed by atoms with Crippen LogP contribution in [0.25, 0.3) is 11.5 Å². The molecule has 0 spiro atoms. The highest BCUT2D eigenvalue weighted by Crippen LogP contribution is 2.15. The third-order valence-electron chi connectivity index (χ3n) is 2.82. The predicted octanol–water partition coefficient (Wildman–Crippen LogP) is 0.268. The van der Waals surface area contributed by atoms with Gasteiger partial charge in [0.25, 0.3) is 0 Å². The van der Waals surface area contributed by atoms with E-state index in [4.69, 9.17) is 9.05 Å². The fourth-order valence-electron chi connectivity index (χ4n) is 1.81. The number of aromatic nitrogens is 3. The van der Waals surface area contributed by atoms with Crippen LogP contribution in [0.3, 0.4) is 0 Å². The van der Waals surface area contributed by atoms with Crippen LogP contribution in [0, 0.1) is 6.92 Å². The van der Waals surface area contributed by atoms with Crippen LogP contribution in [-0.4, -0.2) is 45.3 Å². The number of rotatable bonds is 3. The number of nitrogens with one attached hydrogen (secondary N) is 2. The van der Waals surface area contributed by atoms with Crippen LogP contribution >= 0.6 is 0 Å². The first-order chi connectivity index (χ1) is 10.1. The zero-order valence-electron chi connectivity index (χ0n) is 11.1. The van der Waals surface area contributed by atoms with Gasteiger partial charge in [-0.1, -0.05) is 10.3 Å². The minimum Gasteiger partial charge on any atom is -0.361 e. The first-order valence-corrected chi connectivity index (χ1v) is 6.23. The van der Waals surface area contributed by atoms with E-state index >= 15 is 0 Å². The van der Waals surface area contributed by atoms with E-state index in [1.165, 1.54) is 0 Å². The largest absolute Gasteiger partial charge is 0.361 e. The van der Waals surface area contributed by atoms with Crippen LogP contribution in [0.2, 0.25) is 0 Å². The molecule has 0 unspecified atom stereocenters. The topological polar surface area (TPSA) is 126 Å². The second-order valence-corrected chi connectivity index (χ2v) is 4.38. The van der Waals surface area contributed by atoms with Gasteiger partial charge in [0.05, 0.1) is 6.54 Å². The van der Waals surface area contributed by atoms with Crippen LogP contribution in [0.5, 0.6) is 0 Å². The molecule has 0 aliphatic carbocycles. The maximum absolute atomic E-state index is 11.7. The molecule has 2 N–H and O–H groups in total. The van der Waals surface area contributed by atoms with Gasteiger partial charge in [0.1, 0.15) is 5.76 Å². The van der Waals surface area contributed by atoms with Crippen molar-refractivity contribution in [3.63, 3.8) is 0 Å². The Kier molecular flexibility index (Phi) is 3.26. The molecule has 3 heterocycles. The Bertz CT molecular complexity index is 678. The van der Waals surface area contributed by atoms with Crippen molar-refractivity contribution in [3.05, 3.63) is 17.7 Å². The Balaban J connectivity index is 1.60. The summed E-state index contributed by atoms with van der Waals surface area (Å²) in [7, 11) is 0. The molecule has 21 heavy (non-hydrogen) atoms. The second kappa shape index (κ2) is 5.23. The number of carbonyl (C=O) groups is 2. The molecule has 0 saturated carbocycles. The van der Waals surface area contributed by atoms with Gasteiger partial charge in [0.2, 0.25) is 11.7 Å². The molecule has 1 saturated heterocycles. The van der Waals surface area contributed by atoms with Gasteiger partial charge in [-0.05, 0) is 6.92 Å². The first kappa shape index (κ1) is 13.1. The fourth-order valence-corrected chi connectivity index (χ4v) is 1.81. The number of imide groups is 1. The zero-order valence-corrected chi connectivity index (χ0v) is 11.1. The van der Waals surface area contributed by atoms with E-state index in [9.17, 15) is 9.59 Å². The molecule has 0 atom stereocenters. The molecule has 110 valence electrons. The molecule has 2 aromatic rings. The third kappa shape index (κ3) is 2.68. The number of amides is 4. The molecule has 1 aliphatic rings. The summed E-state index contributed by atoms with van der Waals surface area (Å²) in [5.41, 5.74) is 0.452. The fraction of sp³-hybridized carbons (Fsp3) is 0.364. The molecule has 10 heteroatoms. The Morgan fingerprint density at radius 1 is 1.48 bits per heavy atom. The Morgan fingerprint density at radius 2 is 2.33 bits per heavy atom. The summed E-state index contributed by atoms with van der Waals surface area (Å²) >= 11 is 0. The van der Waals surface area contributed by atoms with Gasteiger partial charge in [-0.15, -0.1) is 0 Å². The summed E-state index contributed by atoms with van der Waals surface area (Å²) in [6.07, 6.45) is 0. The number of carbonyl (C=O) groups excluding carboxylic acids is 2. The normalized spacial score (nSPS) is 14.3. The third-order valence-corrected chi connectivity index (χ3v) is 2.82. The highest BCUT2D eigenvalue weighted by molar-refractivity contribution is 5.94. The smallest absolute Gasteiger partial charge is 0.326 e. The lowest BCUT2D eigenvalue weighted by molar-refractivity contribution is 0.197. The predicted molar refractivity (Wildman–Crippen MR) is 66.9 cm³/mol. The molecule has 4 amide bonds. The van der Waals surface area contributed by atoms with Crippen LogP contribution in [0.4, 0.5) is 9.59 Å². The van der Waals surface area contributed by atoms with Gasteiger partial charge in [-0.3, -0.25) is 0 Å². The lowest BCUT2D eigenvalue weighted by Crippen LogP contribution is -2.41. The van der Waals surface area contributed by atoms with Gasteiger partial charge < -0.3 is 19.7 Å². The van der Waals surface area contributed by atoms with E-state index in [0.29, 0.717) is 24.5 Å². The molecule has 0 bridgehead atoms. The molecule has 0 aromatic carbocycles. The minimum atomic E-state index is -0.512. The Hall–Kier alpha value is -2.91. The second-order valence-electron chi connectivity index (χ2n) is 4.38. The van der Waals surface area contributed by atoms with Crippen LogP contribution < -0.4 is 10.6 Å². The average Bonchev–Trinajstić information content (AvgIpc) is 3.16. The number of urea groups is 2. The standard InChI is InChI=1S/C11H12N6O4/c1-6-4-7(15-20-6)9-14-8(21-16-9)5-13-11(19)17-3-2-12-10(17)18/h4H,2-3,5H2,1H3,(H,12,18)(H,13,19). The van der Waals surface area contributed by atoms with Gasteiger partial charge in [0.15, 0.2) is 5.69 Å². The average molecular weight is 292 g/mol. The minimum absolute atomic E-state index is 0.0203. The number of aryl methyl sites for hydroxylation is 1. The number of hydrogen-bond donors (Lipinski definition) is 2. The van der Waals surface area contributed by atoms with Crippen LogP contribution in [0.1, 0.15) is 11.7 Å². The molecule has 3 rings (SSSR count). The van der Waals surface area contributed by atoms with Crippen molar-refractivity contribution in [2.45, 2.75) is 13.5 Å². The van der Waals surface area contributed by atoms with Crippen molar-refractivity contribution in [2.75, 3.05) is 13.1 Å². The number of hydrogen-bond acceptors (Lipinski definition) is 7. The summed E-state index contributed by atoms with van der Waals surface area (Å²) in [5.74, 6) is 1.11. The lowest BCUT2D eigenvalue weighted by Gasteiger charge is -2.11. The molecule has 2 aromatic heterocycles. The van der Waals surface area contributed by atoms with Crippen LogP contribution in [0.15, 0.2) is 15.1 Å². The quantitative estimate of drug-likeness (QED) is 0.831. The monoisotopic (exact) mass is 292 g/mol. The van der Waals surface area contributed by atoms with Crippen molar-refractivity contribution >= 4 is 12.1 Å². The van der Waals surface area contributed by atoms with Crippen molar-refractivity contribution < 1.29 is 18.6 Å². The van der Waals surface area contributed by atoms with Gasteiger partial charge >= 0.3 is 12.1 Å². The molecule has 1 aliphatic heterocycles. The molecular formula is C11H12N6O4. The van der Waals surface area contributed by atoms with Gasteiger partial charge in [-0.25, -0.2) is 14.5 Å². The summed E-state index contributed by atoms with van der Waals surface area (Å²) in [6.45, 7) is 2.55. The highest BCUT2D eigenvalue weighted by atomic mass is 16.5. The summed E-state index contributed by atoms with van der Waals surface area (Å²) < 4.78 is 9.90. The summed E-state index contributed by atoms with van der Waals surface area (Å²) in [5, 5.41) is 12.6. The maximum atomic E-state index is 11.7. The zero-order chi connectivity index (χ0) is 14.8. The summed E-state index contributed by atoms with van der Waals surface area (Å²) in [6, 6.07) is 0.737. The lowest BCUT2D eigenvalue weighted by atomic mass is 10.4. The molecule has 0 radical (unpaired) electrons. The van der Waals surface area contributed by atoms with E-state index in [2.05, 4.69) is 25.9 Å². The van der Waals surface area contributed by atoms with Crippen LogP contribution in [-0.2, 0) is 6.54 Å². The van der Waals surface area contributed by atoms with Gasteiger partial charge in [-0.2, -0.15) is 4.98 Å². The van der Waals surface area contributed by atoms with Crippen molar-refractivity contribution in [1.29, 1.82) is 0 Å². The maximum Gasteiger partial charge on any atom is 0.326 e. The van der Waals surface area contributed by atoms with Crippen molar-refractivity contribution in [3.8, 4) is 11.5 Å². The van der Waals surface area contributed by atoms with E-state index in [1.807, 2.05) is 0 Å². The Labute approximate surface area is 118 Å². The molecule has 10 nitrogen and oxygen atoms in total. The van der Waals surface area contributed by atoms with E-state index < -0.39 is 12.1 Å². The van der Waals surface area contributed by atoms with E-state index in [1.54, 1.807) is 13.0 Å². The number of nitrogens with zero attached hydrogens (tertiary/aromatic N) is 4. The first-order valence-electron chi connectivity index (χ1n) is 6.23. The van der Waals surface area contributed by atoms with Crippen molar-refractivity contribution in [1.82, 2.24) is 30.8 Å². The molecule has 1 fully saturated rings. The SMILES string of the molecule is Cc1cc(-c2noc(CNC(=O)N3CCNC3=O)n2)no1. The van der Waals surface area contributed by atoms with Crippen molar-refractivity contribution in [2.24, 2.45) is 0 Å². The summed E-state index contributed by atoms with van der Waals surface area (Å²) in [4.78, 5) is 28.2. The van der Waals surface area contributed by atoms with Gasteiger partial charge in [0, 0.05) is 19.2 Å². The Morgan fingerprint density at radius 3 is 3.00 bits per heavy atom.